The minimum atomic E-state index is 0.476. The Labute approximate surface area is 118 Å². The highest BCUT2D eigenvalue weighted by Gasteiger charge is 2.04. The lowest BCUT2D eigenvalue weighted by Crippen LogP contribution is -2.10. The maximum absolute atomic E-state index is 4.36. The molecule has 0 spiro atoms. The average molecular weight is 265 g/mol. The van der Waals surface area contributed by atoms with Gasteiger partial charge in [-0.05, 0) is 20.3 Å². The molecule has 3 nitrogen and oxygen atoms in total. The maximum Gasteiger partial charge on any atom is 0.203 e. The van der Waals surface area contributed by atoms with Gasteiger partial charge in [-0.15, -0.1) is 0 Å². The minimum absolute atomic E-state index is 0.476. The molecular weight excluding hydrogens is 234 g/mol. The van der Waals surface area contributed by atoms with Crippen molar-refractivity contribution in [2.45, 2.75) is 78.2 Å². The fraction of sp³-hybridized carbons (Fsp3) is 0.812. The molecule has 19 heavy (non-hydrogen) atoms. The molecule has 1 aromatic heterocycles. The molecule has 1 rings (SSSR count). The van der Waals surface area contributed by atoms with Gasteiger partial charge in [0.15, 0.2) is 0 Å². The molecule has 0 radical (unpaired) electrons. The van der Waals surface area contributed by atoms with Gasteiger partial charge in [0.2, 0.25) is 5.95 Å². The lowest BCUT2D eigenvalue weighted by Gasteiger charge is -2.12. The zero-order valence-electron chi connectivity index (χ0n) is 13.0. The van der Waals surface area contributed by atoms with Crippen LogP contribution in [0, 0.1) is 0 Å². The van der Waals surface area contributed by atoms with E-state index in [9.17, 15) is 0 Å². The Morgan fingerprint density at radius 3 is 2.32 bits per heavy atom. The van der Waals surface area contributed by atoms with Crippen molar-refractivity contribution in [2.24, 2.45) is 0 Å². The highest BCUT2D eigenvalue weighted by molar-refractivity contribution is 5.26. The van der Waals surface area contributed by atoms with E-state index in [0.717, 1.165) is 12.5 Å². The molecule has 0 bridgehead atoms. The van der Waals surface area contributed by atoms with Gasteiger partial charge in [-0.1, -0.05) is 51.9 Å². The van der Waals surface area contributed by atoms with Crippen LogP contribution in [0.1, 0.15) is 78.2 Å². The Balaban J connectivity index is 2.00. The standard InChI is InChI=1S/C16H31N3/c1-4-5-6-7-8-9-10-11-12-17-16-18-13-14-19(16)15(2)3/h13-15H,4-12H2,1-3H3,(H,17,18). The van der Waals surface area contributed by atoms with Gasteiger partial charge in [-0.3, -0.25) is 0 Å². The molecule has 0 fully saturated rings. The Kier molecular flexibility index (Phi) is 8.35. The van der Waals surface area contributed by atoms with Crippen LogP contribution in [0.15, 0.2) is 12.4 Å². The Morgan fingerprint density at radius 1 is 1.05 bits per heavy atom. The predicted molar refractivity (Wildman–Crippen MR) is 83.7 cm³/mol. The molecule has 0 unspecified atom stereocenters. The second-order valence-electron chi connectivity index (χ2n) is 5.65. The van der Waals surface area contributed by atoms with Crippen molar-refractivity contribution in [3.05, 3.63) is 12.4 Å². The van der Waals surface area contributed by atoms with Crippen molar-refractivity contribution in [3.63, 3.8) is 0 Å². The summed E-state index contributed by atoms with van der Waals surface area (Å²) in [5, 5.41) is 3.44. The number of hydrogen-bond acceptors (Lipinski definition) is 2. The van der Waals surface area contributed by atoms with Crippen molar-refractivity contribution in [1.82, 2.24) is 9.55 Å². The summed E-state index contributed by atoms with van der Waals surface area (Å²) < 4.78 is 2.19. The second-order valence-corrected chi connectivity index (χ2v) is 5.65. The van der Waals surface area contributed by atoms with Gasteiger partial charge in [-0.2, -0.15) is 0 Å². The fourth-order valence-corrected chi connectivity index (χ4v) is 2.33. The van der Waals surface area contributed by atoms with E-state index < -0.39 is 0 Å². The van der Waals surface area contributed by atoms with Crippen LogP contribution in [0.4, 0.5) is 5.95 Å². The topological polar surface area (TPSA) is 29.9 Å². The lowest BCUT2D eigenvalue weighted by atomic mass is 10.1. The van der Waals surface area contributed by atoms with E-state index in [4.69, 9.17) is 0 Å². The first kappa shape index (κ1) is 16.1. The quantitative estimate of drug-likeness (QED) is 0.569. The van der Waals surface area contributed by atoms with Gasteiger partial charge in [0.05, 0.1) is 0 Å². The van der Waals surface area contributed by atoms with E-state index in [1.807, 2.05) is 12.4 Å². The van der Waals surface area contributed by atoms with Crippen LogP contribution in [-0.4, -0.2) is 16.1 Å². The molecule has 1 N–H and O–H groups in total. The summed E-state index contributed by atoms with van der Waals surface area (Å²) in [6.07, 6.45) is 14.9. The van der Waals surface area contributed by atoms with E-state index >= 15 is 0 Å². The van der Waals surface area contributed by atoms with Crippen LogP contribution in [0.25, 0.3) is 0 Å². The van der Waals surface area contributed by atoms with Crippen LogP contribution >= 0.6 is 0 Å². The number of rotatable bonds is 11. The summed E-state index contributed by atoms with van der Waals surface area (Å²) in [6, 6.07) is 0.476. The van der Waals surface area contributed by atoms with E-state index in [0.29, 0.717) is 6.04 Å². The number of aromatic nitrogens is 2. The lowest BCUT2D eigenvalue weighted by molar-refractivity contribution is 0.577. The van der Waals surface area contributed by atoms with Crippen molar-refractivity contribution < 1.29 is 0 Å². The highest BCUT2D eigenvalue weighted by Crippen LogP contribution is 2.13. The predicted octanol–water partition coefficient (Wildman–Crippen LogP) is 5.02. The van der Waals surface area contributed by atoms with Crippen molar-refractivity contribution in [3.8, 4) is 0 Å². The van der Waals surface area contributed by atoms with E-state index in [-0.39, 0.29) is 0 Å². The van der Waals surface area contributed by atoms with Crippen molar-refractivity contribution in [2.75, 3.05) is 11.9 Å². The van der Waals surface area contributed by atoms with Gasteiger partial charge < -0.3 is 9.88 Å². The molecule has 3 heteroatoms. The summed E-state index contributed by atoms with van der Waals surface area (Å²) in [4.78, 5) is 4.36. The summed E-state index contributed by atoms with van der Waals surface area (Å²) >= 11 is 0. The Hall–Kier alpha value is -0.990. The molecule has 0 atom stereocenters. The van der Waals surface area contributed by atoms with Gasteiger partial charge in [0.25, 0.3) is 0 Å². The number of anilines is 1. The maximum atomic E-state index is 4.36. The third-order valence-electron chi connectivity index (χ3n) is 3.54. The first-order chi connectivity index (χ1) is 9.25. The number of nitrogens with one attached hydrogen (secondary N) is 1. The van der Waals surface area contributed by atoms with Crippen LogP contribution in [0.3, 0.4) is 0 Å². The third-order valence-corrected chi connectivity index (χ3v) is 3.54. The smallest absolute Gasteiger partial charge is 0.203 e. The monoisotopic (exact) mass is 265 g/mol. The van der Waals surface area contributed by atoms with E-state index in [1.165, 1.54) is 51.4 Å². The van der Waals surface area contributed by atoms with Gasteiger partial charge in [0, 0.05) is 25.0 Å². The molecular formula is C16H31N3. The van der Waals surface area contributed by atoms with Crippen LogP contribution in [-0.2, 0) is 0 Å². The van der Waals surface area contributed by atoms with Crippen LogP contribution < -0.4 is 5.32 Å². The fourth-order valence-electron chi connectivity index (χ4n) is 2.33. The summed E-state index contributed by atoms with van der Waals surface area (Å²) in [6.45, 7) is 7.68. The van der Waals surface area contributed by atoms with Crippen LogP contribution in [0.2, 0.25) is 0 Å². The highest BCUT2D eigenvalue weighted by atomic mass is 15.2. The molecule has 0 aliphatic carbocycles. The molecule has 0 aliphatic heterocycles. The number of hydrogen-bond donors (Lipinski definition) is 1. The summed E-state index contributed by atoms with van der Waals surface area (Å²) in [5.41, 5.74) is 0. The number of imidazole rings is 1. The molecule has 1 heterocycles. The molecule has 0 saturated carbocycles. The first-order valence-corrected chi connectivity index (χ1v) is 8.02. The largest absolute Gasteiger partial charge is 0.356 e. The zero-order chi connectivity index (χ0) is 13.9. The number of nitrogens with zero attached hydrogens (tertiary/aromatic N) is 2. The Morgan fingerprint density at radius 2 is 1.68 bits per heavy atom. The molecule has 110 valence electrons. The molecule has 0 amide bonds. The zero-order valence-corrected chi connectivity index (χ0v) is 13.0. The molecule has 0 saturated heterocycles. The van der Waals surface area contributed by atoms with E-state index in [2.05, 4.69) is 35.6 Å². The molecule has 0 aromatic carbocycles. The normalized spacial score (nSPS) is 11.2. The van der Waals surface area contributed by atoms with Crippen LogP contribution in [0.5, 0.6) is 0 Å². The van der Waals surface area contributed by atoms with Crippen molar-refractivity contribution >= 4 is 5.95 Å². The molecule has 0 aliphatic rings. The average Bonchev–Trinajstić information content (AvgIpc) is 2.85. The Bertz CT molecular complexity index is 318. The molecule has 1 aromatic rings. The van der Waals surface area contributed by atoms with Crippen molar-refractivity contribution in [1.29, 1.82) is 0 Å². The third kappa shape index (κ3) is 6.65. The van der Waals surface area contributed by atoms with Gasteiger partial charge in [0.1, 0.15) is 0 Å². The summed E-state index contributed by atoms with van der Waals surface area (Å²) in [7, 11) is 0. The first-order valence-electron chi connectivity index (χ1n) is 8.02. The second kappa shape index (κ2) is 9.88. The van der Waals surface area contributed by atoms with E-state index in [1.54, 1.807) is 0 Å². The van der Waals surface area contributed by atoms with Gasteiger partial charge in [-0.25, -0.2) is 4.98 Å². The van der Waals surface area contributed by atoms with Gasteiger partial charge >= 0.3 is 0 Å². The minimum Gasteiger partial charge on any atom is -0.356 e. The summed E-state index contributed by atoms with van der Waals surface area (Å²) in [5.74, 6) is 1.01. The number of unbranched alkanes of at least 4 members (excludes halogenated alkanes) is 7. The SMILES string of the molecule is CCCCCCCCCCNc1nccn1C(C)C.